The van der Waals surface area contributed by atoms with Gasteiger partial charge in [0.1, 0.15) is 5.82 Å². The van der Waals surface area contributed by atoms with Gasteiger partial charge >= 0.3 is 0 Å². The molecule has 0 radical (unpaired) electrons. The Morgan fingerprint density at radius 1 is 1.25 bits per heavy atom. The van der Waals surface area contributed by atoms with E-state index < -0.39 is 0 Å². The Kier molecular flexibility index (Phi) is 3.84. The second-order valence-electron chi connectivity index (χ2n) is 7.74. The number of benzene rings is 1. The molecule has 1 fully saturated rings. The van der Waals surface area contributed by atoms with Crippen LogP contribution in [-0.4, -0.2) is 33.9 Å². The fourth-order valence-electron chi connectivity index (χ4n) is 4.13. The Morgan fingerprint density at radius 2 is 2.07 bits per heavy atom. The van der Waals surface area contributed by atoms with Gasteiger partial charge in [0.05, 0.1) is 18.2 Å². The van der Waals surface area contributed by atoms with Gasteiger partial charge in [-0.1, -0.05) is 6.07 Å². The zero-order valence-electron chi connectivity index (χ0n) is 16.0. The molecular weight excluding hydrogens is 352 g/mol. The average molecular weight is 374 g/mol. The normalized spacial score (nSPS) is 18.9. The maximum absolute atomic E-state index is 13.0. The smallest absolute Gasteiger partial charge is 0.253 e. The van der Waals surface area contributed by atoms with Gasteiger partial charge in [0.15, 0.2) is 0 Å². The monoisotopic (exact) mass is 374 g/mol. The number of anilines is 1. The van der Waals surface area contributed by atoms with Crippen molar-refractivity contribution in [3.63, 3.8) is 0 Å². The molecule has 3 aromatic rings. The number of rotatable bonds is 2. The number of pyridine rings is 2. The lowest BCUT2D eigenvalue weighted by Crippen LogP contribution is -2.48. The van der Waals surface area contributed by atoms with Crippen LogP contribution >= 0.6 is 0 Å². The van der Waals surface area contributed by atoms with Crippen LogP contribution in [0.15, 0.2) is 36.5 Å². The summed E-state index contributed by atoms with van der Waals surface area (Å²) in [6.45, 7) is 5.90. The Balaban J connectivity index is 1.40. The summed E-state index contributed by atoms with van der Waals surface area (Å²) in [7, 11) is 0. The largest absolute Gasteiger partial charge is 0.383 e. The van der Waals surface area contributed by atoms with E-state index in [1.807, 2.05) is 43.1 Å². The first-order valence-corrected chi connectivity index (χ1v) is 9.56. The number of aryl methyl sites for hydroxylation is 1. The summed E-state index contributed by atoms with van der Waals surface area (Å²) in [4.78, 5) is 23.8. The van der Waals surface area contributed by atoms with Crippen molar-refractivity contribution in [2.24, 2.45) is 0 Å². The molecule has 0 aliphatic carbocycles. The van der Waals surface area contributed by atoms with Crippen LogP contribution in [0, 0.1) is 6.92 Å². The summed E-state index contributed by atoms with van der Waals surface area (Å²) < 4.78 is 5.74. The van der Waals surface area contributed by atoms with E-state index in [1.54, 1.807) is 0 Å². The van der Waals surface area contributed by atoms with Crippen LogP contribution in [0.25, 0.3) is 10.9 Å². The Bertz CT molecular complexity index is 1090. The fraction of sp³-hybridized carbons (Fsp3) is 0.318. The summed E-state index contributed by atoms with van der Waals surface area (Å²) in [6, 6.07) is 9.76. The Morgan fingerprint density at radius 3 is 2.82 bits per heavy atom. The standard InChI is InChI=1S/C22H22N4O2/c1-12-3-5-18(24-8-12)15-9-26(10-15)22(27)14-4-6-19-16(7-14)17-11-28-13(2)20(17)21(23)25-19/h3-8,13,15H,9-11H2,1-2H3,(H2,23,25)/t13-/m1/s1. The van der Waals surface area contributed by atoms with Gasteiger partial charge in [0.2, 0.25) is 0 Å². The third-order valence-electron chi connectivity index (χ3n) is 5.82. The molecule has 1 saturated heterocycles. The maximum atomic E-state index is 13.0. The first kappa shape index (κ1) is 17.1. The van der Waals surface area contributed by atoms with Gasteiger partial charge in [-0.15, -0.1) is 0 Å². The topological polar surface area (TPSA) is 81.3 Å². The fourth-order valence-corrected chi connectivity index (χ4v) is 4.13. The van der Waals surface area contributed by atoms with Crippen molar-refractivity contribution in [3.05, 3.63) is 64.5 Å². The number of aromatic nitrogens is 2. The summed E-state index contributed by atoms with van der Waals surface area (Å²) >= 11 is 0. The molecule has 1 atom stereocenters. The third-order valence-corrected chi connectivity index (χ3v) is 5.82. The van der Waals surface area contributed by atoms with E-state index in [0.717, 1.165) is 33.3 Å². The summed E-state index contributed by atoms with van der Waals surface area (Å²) in [5.74, 6) is 0.871. The maximum Gasteiger partial charge on any atom is 0.253 e. The molecule has 28 heavy (non-hydrogen) atoms. The number of fused-ring (bicyclic) bond motifs is 3. The van der Waals surface area contributed by atoms with Gasteiger partial charge < -0.3 is 15.4 Å². The summed E-state index contributed by atoms with van der Waals surface area (Å²) in [5.41, 5.74) is 11.8. The minimum absolute atomic E-state index is 0.0443. The van der Waals surface area contributed by atoms with Crippen LogP contribution in [0.4, 0.5) is 5.82 Å². The first-order valence-electron chi connectivity index (χ1n) is 9.56. The number of hydrogen-bond donors (Lipinski definition) is 1. The molecule has 2 N–H and O–H groups in total. The van der Waals surface area contributed by atoms with E-state index in [-0.39, 0.29) is 12.0 Å². The van der Waals surface area contributed by atoms with Gasteiger partial charge in [-0.25, -0.2) is 4.98 Å². The van der Waals surface area contributed by atoms with Crippen LogP contribution in [0.1, 0.15) is 51.7 Å². The van der Waals surface area contributed by atoms with E-state index in [9.17, 15) is 4.79 Å². The van der Waals surface area contributed by atoms with E-state index >= 15 is 0 Å². The number of nitrogen functional groups attached to an aromatic ring is 1. The number of likely N-dealkylation sites (tertiary alicyclic amines) is 1. The molecule has 2 aliphatic rings. The molecule has 142 valence electrons. The van der Waals surface area contributed by atoms with Crippen molar-refractivity contribution >= 4 is 22.6 Å². The van der Waals surface area contributed by atoms with Crippen molar-refractivity contribution in [1.82, 2.24) is 14.9 Å². The van der Waals surface area contributed by atoms with Gasteiger partial charge in [0, 0.05) is 47.4 Å². The highest BCUT2D eigenvalue weighted by Gasteiger charge is 2.33. The lowest BCUT2D eigenvalue weighted by atomic mass is 9.94. The Labute approximate surface area is 163 Å². The molecule has 0 spiro atoms. The molecular formula is C22H22N4O2. The summed E-state index contributed by atoms with van der Waals surface area (Å²) in [6.07, 6.45) is 1.82. The second-order valence-corrected chi connectivity index (χ2v) is 7.74. The summed E-state index contributed by atoms with van der Waals surface area (Å²) in [5, 5.41) is 0.955. The number of carbonyl (C=O) groups excluding carboxylic acids is 1. The van der Waals surface area contributed by atoms with Crippen LogP contribution < -0.4 is 5.73 Å². The lowest BCUT2D eigenvalue weighted by molar-refractivity contribution is 0.0599. The molecule has 2 aliphatic heterocycles. The predicted molar refractivity (Wildman–Crippen MR) is 107 cm³/mol. The van der Waals surface area contributed by atoms with E-state index in [1.165, 1.54) is 0 Å². The van der Waals surface area contributed by atoms with Crippen molar-refractivity contribution < 1.29 is 9.53 Å². The molecule has 1 amide bonds. The lowest BCUT2D eigenvalue weighted by Gasteiger charge is -2.39. The molecule has 1 aromatic carbocycles. The van der Waals surface area contributed by atoms with E-state index in [2.05, 4.69) is 22.1 Å². The second kappa shape index (κ2) is 6.27. The SMILES string of the molecule is Cc1ccc(C2CN(C(=O)c3ccc4nc(N)c5c(c4c3)CO[C@@H]5C)C2)nc1. The molecule has 0 bridgehead atoms. The van der Waals surface area contributed by atoms with Gasteiger partial charge in [-0.05, 0) is 49.2 Å². The molecule has 6 heteroatoms. The van der Waals surface area contributed by atoms with Crippen LogP contribution in [0.3, 0.4) is 0 Å². The predicted octanol–water partition coefficient (Wildman–Crippen LogP) is 3.35. The number of amides is 1. The molecule has 5 rings (SSSR count). The average Bonchev–Trinajstić information content (AvgIpc) is 3.04. The number of ether oxygens (including phenoxy) is 1. The first-order chi connectivity index (χ1) is 13.5. The van der Waals surface area contributed by atoms with E-state index in [4.69, 9.17) is 10.5 Å². The highest BCUT2D eigenvalue weighted by molar-refractivity contribution is 5.99. The molecule has 0 unspecified atom stereocenters. The van der Waals surface area contributed by atoms with Crippen molar-refractivity contribution in [2.45, 2.75) is 32.5 Å². The zero-order chi connectivity index (χ0) is 19.4. The van der Waals surface area contributed by atoms with Gasteiger partial charge in [0.25, 0.3) is 5.91 Å². The van der Waals surface area contributed by atoms with Crippen molar-refractivity contribution in [3.8, 4) is 0 Å². The Hall–Kier alpha value is -2.99. The van der Waals surface area contributed by atoms with E-state index in [0.29, 0.717) is 37.0 Å². The van der Waals surface area contributed by atoms with Gasteiger partial charge in [-0.2, -0.15) is 0 Å². The minimum atomic E-state index is -0.0654. The van der Waals surface area contributed by atoms with Crippen LogP contribution in [-0.2, 0) is 11.3 Å². The number of nitrogens with zero attached hydrogens (tertiary/aromatic N) is 3. The molecule has 0 saturated carbocycles. The number of nitrogens with two attached hydrogens (primary N) is 1. The highest BCUT2D eigenvalue weighted by atomic mass is 16.5. The highest BCUT2D eigenvalue weighted by Crippen LogP contribution is 2.38. The molecule has 6 nitrogen and oxygen atoms in total. The minimum Gasteiger partial charge on any atom is -0.383 e. The van der Waals surface area contributed by atoms with Crippen molar-refractivity contribution in [2.75, 3.05) is 18.8 Å². The van der Waals surface area contributed by atoms with Crippen LogP contribution in [0.2, 0.25) is 0 Å². The van der Waals surface area contributed by atoms with Crippen LogP contribution in [0.5, 0.6) is 0 Å². The van der Waals surface area contributed by atoms with Crippen molar-refractivity contribution in [1.29, 1.82) is 0 Å². The van der Waals surface area contributed by atoms with Gasteiger partial charge in [-0.3, -0.25) is 9.78 Å². The molecule has 2 aromatic heterocycles. The zero-order valence-corrected chi connectivity index (χ0v) is 16.0. The number of hydrogen-bond acceptors (Lipinski definition) is 5. The third kappa shape index (κ3) is 2.64. The molecule has 4 heterocycles. The number of carbonyl (C=O) groups is 1. The quantitative estimate of drug-likeness (QED) is 0.744.